The number of hydrogen-bond acceptors (Lipinski definition) is 8. The van der Waals surface area contributed by atoms with Crippen molar-refractivity contribution in [1.82, 2.24) is 19.5 Å². The maximum Gasteiger partial charge on any atom is 0.222 e. The molecule has 0 spiro atoms. The van der Waals surface area contributed by atoms with Crippen LogP contribution in [0.3, 0.4) is 0 Å². The molecule has 3 heterocycles. The van der Waals surface area contributed by atoms with Crippen LogP contribution in [0.25, 0.3) is 11.2 Å². The number of hydrogen-bond donors (Lipinski definition) is 4. The van der Waals surface area contributed by atoms with Gasteiger partial charge in [0.1, 0.15) is 17.7 Å². The van der Waals surface area contributed by atoms with E-state index in [-0.39, 0.29) is 5.95 Å². The van der Waals surface area contributed by atoms with Crippen LogP contribution in [0.2, 0.25) is 0 Å². The Hall–Kier alpha value is -2.25. The summed E-state index contributed by atoms with van der Waals surface area (Å²) in [6, 6.07) is 0. The molecule has 0 aromatic carbocycles. The number of nitrogens with zero attached hydrogens (tertiary/aromatic N) is 4. The zero-order valence-corrected chi connectivity index (χ0v) is 10.8. The molecule has 1 aliphatic rings. The highest BCUT2D eigenvalue weighted by Crippen LogP contribution is 2.39. The molecule has 1 saturated heterocycles. The molecule has 0 aliphatic carbocycles. The van der Waals surface area contributed by atoms with Crippen LogP contribution in [0.4, 0.5) is 5.95 Å². The first-order valence-corrected chi connectivity index (χ1v) is 6.11. The summed E-state index contributed by atoms with van der Waals surface area (Å²) >= 11 is 0. The zero-order valence-electron chi connectivity index (χ0n) is 10.8. The molecule has 1 fully saturated rings. The van der Waals surface area contributed by atoms with Crippen LogP contribution >= 0.6 is 0 Å². The second-order valence-electron chi connectivity index (χ2n) is 4.71. The van der Waals surface area contributed by atoms with Gasteiger partial charge in [0.05, 0.1) is 19.1 Å². The molecule has 9 nitrogen and oxygen atoms in total. The highest BCUT2D eigenvalue weighted by atomic mass is 16.6. The van der Waals surface area contributed by atoms with Gasteiger partial charge in [0, 0.05) is 0 Å². The molecule has 2 aromatic heterocycles. The van der Waals surface area contributed by atoms with Crippen molar-refractivity contribution in [2.75, 3.05) is 12.3 Å². The lowest BCUT2D eigenvalue weighted by Gasteiger charge is -2.26. The van der Waals surface area contributed by atoms with Gasteiger partial charge in [-0.15, -0.1) is 6.42 Å². The molecular weight excluding hydrogens is 278 g/mol. The van der Waals surface area contributed by atoms with E-state index in [1.54, 1.807) is 0 Å². The predicted molar refractivity (Wildman–Crippen MR) is 70.5 cm³/mol. The number of aliphatic hydroxyl groups is 3. The summed E-state index contributed by atoms with van der Waals surface area (Å²) in [7, 11) is 0. The monoisotopic (exact) mass is 291 g/mol. The lowest BCUT2D eigenvalue weighted by atomic mass is 9.95. The Morgan fingerprint density at radius 2 is 2.29 bits per heavy atom. The summed E-state index contributed by atoms with van der Waals surface area (Å²) in [5, 5.41) is 29.7. The Bertz CT molecular complexity index is 726. The van der Waals surface area contributed by atoms with Crippen molar-refractivity contribution in [2.45, 2.75) is 24.0 Å². The second kappa shape index (κ2) is 4.64. The Kier molecular flexibility index (Phi) is 3.03. The Balaban J connectivity index is 2.13. The van der Waals surface area contributed by atoms with Crippen molar-refractivity contribution in [1.29, 1.82) is 0 Å². The van der Waals surface area contributed by atoms with Gasteiger partial charge in [0.2, 0.25) is 5.95 Å². The minimum absolute atomic E-state index is 0.0192. The largest absolute Gasteiger partial charge is 0.394 e. The number of terminal acetylenes is 1. The van der Waals surface area contributed by atoms with Gasteiger partial charge in [0.25, 0.3) is 0 Å². The molecule has 1 aliphatic heterocycles. The van der Waals surface area contributed by atoms with E-state index >= 15 is 0 Å². The molecule has 9 heteroatoms. The maximum atomic E-state index is 10.5. The first-order valence-electron chi connectivity index (χ1n) is 6.11. The van der Waals surface area contributed by atoms with Crippen LogP contribution in [0.15, 0.2) is 12.5 Å². The van der Waals surface area contributed by atoms with Crippen molar-refractivity contribution < 1.29 is 20.1 Å². The van der Waals surface area contributed by atoms with E-state index in [0.717, 1.165) is 0 Å². The normalized spacial score (nSPS) is 32.4. The van der Waals surface area contributed by atoms with Crippen molar-refractivity contribution in [3.05, 3.63) is 12.5 Å². The van der Waals surface area contributed by atoms with E-state index in [4.69, 9.17) is 16.9 Å². The standard InChI is InChI=1S/C12H13N5O4/c1-2-12(20)8(19)7(4-18)21-10(12)17-5-15-6-3-14-11(13)16-9(6)17/h1,3,5,7-8,10,18-20H,4H2,(H2,13,14,16)/t7-,8+,10-,12?/m1/s1. The van der Waals surface area contributed by atoms with Crippen molar-refractivity contribution in [2.24, 2.45) is 0 Å². The first kappa shape index (κ1) is 13.7. The lowest BCUT2D eigenvalue weighted by molar-refractivity contribution is -0.0721. The van der Waals surface area contributed by atoms with Crippen molar-refractivity contribution in [3.8, 4) is 12.3 Å². The van der Waals surface area contributed by atoms with Gasteiger partial charge < -0.3 is 25.8 Å². The van der Waals surface area contributed by atoms with Gasteiger partial charge in [-0.1, -0.05) is 5.92 Å². The smallest absolute Gasteiger partial charge is 0.222 e. The number of ether oxygens (including phenoxy) is 1. The number of nitrogens with two attached hydrogens (primary N) is 1. The summed E-state index contributed by atoms with van der Waals surface area (Å²) in [4.78, 5) is 11.9. The van der Waals surface area contributed by atoms with E-state index in [0.29, 0.717) is 11.2 Å². The zero-order chi connectivity index (χ0) is 15.2. The average Bonchev–Trinajstić information content (AvgIpc) is 2.99. The van der Waals surface area contributed by atoms with Crippen LogP contribution in [-0.4, -0.2) is 59.3 Å². The molecule has 21 heavy (non-hydrogen) atoms. The summed E-state index contributed by atoms with van der Waals surface area (Å²) in [6.07, 6.45) is 4.46. The third-order valence-electron chi connectivity index (χ3n) is 3.48. The molecule has 4 atom stereocenters. The third-order valence-corrected chi connectivity index (χ3v) is 3.48. The van der Waals surface area contributed by atoms with Gasteiger partial charge in [-0.05, 0) is 0 Å². The third kappa shape index (κ3) is 1.85. The van der Waals surface area contributed by atoms with E-state index in [2.05, 4.69) is 20.9 Å². The predicted octanol–water partition coefficient (Wildman–Crippen LogP) is -1.98. The Labute approximate surface area is 119 Å². The highest BCUT2D eigenvalue weighted by Gasteiger charge is 2.55. The van der Waals surface area contributed by atoms with E-state index in [1.165, 1.54) is 17.1 Å². The number of imidazole rings is 1. The fourth-order valence-electron chi connectivity index (χ4n) is 2.36. The Morgan fingerprint density at radius 3 is 2.95 bits per heavy atom. The van der Waals surface area contributed by atoms with Gasteiger partial charge in [-0.25, -0.2) is 9.97 Å². The van der Waals surface area contributed by atoms with Crippen LogP contribution in [-0.2, 0) is 4.74 Å². The number of nitrogen functional groups attached to an aromatic ring is 1. The van der Waals surface area contributed by atoms with Crippen molar-refractivity contribution in [3.63, 3.8) is 0 Å². The average molecular weight is 291 g/mol. The second-order valence-corrected chi connectivity index (χ2v) is 4.71. The Morgan fingerprint density at radius 1 is 1.52 bits per heavy atom. The summed E-state index contributed by atoms with van der Waals surface area (Å²) in [5.74, 6) is 2.14. The minimum atomic E-state index is -2.03. The quantitative estimate of drug-likeness (QED) is 0.467. The molecule has 0 saturated carbocycles. The molecule has 3 rings (SSSR count). The first-order chi connectivity index (χ1) is 10.0. The maximum absolute atomic E-state index is 10.5. The molecule has 110 valence electrons. The summed E-state index contributed by atoms with van der Waals surface area (Å²) in [5.41, 5.74) is 4.23. The lowest BCUT2D eigenvalue weighted by Crippen LogP contribution is -2.45. The highest BCUT2D eigenvalue weighted by molar-refractivity contribution is 5.70. The molecule has 0 amide bonds. The molecular formula is C12H13N5O4. The number of aromatic nitrogens is 4. The summed E-state index contributed by atoms with van der Waals surface area (Å²) in [6.45, 7) is -0.495. The van der Waals surface area contributed by atoms with Crippen LogP contribution < -0.4 is 5.73 Å². The molecule has 5 N–H and O–H groups in total. The van der Waals surface area contributed by atoms with E-state index in [9.17, 15) is 15.3 Å². The number of anilines is 1. The fourth-order valence-corrected chi connectivity index (χ4v) is 2.36. The molecule has 0 radical (unpaired) electrons. The SMILES string of the molecule is C#CC1(O)[C@@H](O)[C@@H](CO)O[C@H]1n1cnc2cnc(N)nc21. The summed E-state index contributed by atoms with van der Waals surface area (Å²) < 4.78 is 6.80. The van der Waals surface area contributed by atoms with E-state index < -0.39 is 30.6 Å². The van der Waals surface area contributed by atoms with Crippen LogP contribution in [0, 0.1) is 12.3 Å². The van der Waals surface area contributed by atoms with Gasteiger partial charge in [-0.2, -0.15) is 4.98 Å². The van der Waals surface area contributed by atoms with E-state index in [1.807, 2.05) is 0 Å². The molecule has 2 aromatic rings. The molecule has 1 unspecified atom stereocenters. The van der Waals surface area contributed by atoms with Crippen molar-refractivity contribution >= 4 is 17.1 Å². The van der Waals surface area contributed by atoms with Gasteiger partial charge in [-0.3, -0.25) is 4.57 Å². The topological polar surface area (TPSA) is 140 Å². The van der Waals surface area contributed by atoms with Gasteiger partial charge >= 0.3 is 0 Å². The number of fused-ring (bicyclic) bond motifs is 1. The fraction of sp³-hybridized carbons (Fsp3) is 0.417. The number of rotatable bonds is 2. The molecule has 0 bridgehead atoms. The van der Waals surface area contributed by atoms with Crippen LogP contribution in [0.5, 0.6) is 0 Å². The van der Waals surface area contributed by atoms with Crippen LogP contribution in [0.1, 0.15) is 6.23 Å². The number of aliphatic hydroxyl groups excluding tert-OH is 2. The van der Waals surface area contributed by atoms with Gasteiger partial charge in [0.15, 0.2) is 17.5 Å². The minimum Gasteiger partial charge on any atom is -0.394 e.